The van der Waals surface area contributed by atoms with Crippen LogP contribution in [0.2, 0.25) is 0 Å². The Balaban J connectivity index is 1.67. The van der Waals surface area contributed by atoms with Crippen LogP contribution in [0.15, 0.2) is 70.6 Å². The predicted octanol–water partition coefficient (Wildman–Crippen LogP) is 2.04. The van der Waals surface area contributed by atoms with Gasteiger partial charge in [-0.3, -0.25) is 9.36 Å². The third kappa shape index (κ3) is 4.62. The van der Waals surface area contributed by atoms with E-state index in [-0.39, 0.29) is 23.5 Å². The molecule has 3 aromatic rings. The highest BCUT2D eigenvalue weighted by molar-refractivity contribution is 7.89. The highest BCUT2D eigenvalue weighted by Crippen LogP contribution is 2.19. The average molecular weight is 403 g/mol. The Labute approximate surface area is 161 Å². The molecular formula is C19H18FN3O4S. The van der Waals surface area contributed by atoms with Gasteiger partial charge in [-0.05, 0) is 42.5 Å². The van der Waals surface area contributed by atoms with Crippen LogP contribution in [0.25, 0.3) is 11.3 Å². The summed E-state index contributed by atoms with van der Waals surface area (Å²) in [7, 11) is -2.29. The fourth-order valence-electron chi connectivity index (χ4n) is 2.53. The van der Waals surface area contributed by atoms with Crippen LogP contribution < -0.4 is 15.0 Å². The van der Waals surface area contributed by atoms with Gasteiger partial charge in [0.2, 0.25) is 10.0 Å². The van der Waals surface area contributed by atoms with Crippen LogP contribution in [0.5, 0.6) is 5.75 Å². The summed E-state index contributed by atoms with van der Waals surface area (Å²) in [4.78, 5) is 16.4. The van der Waals surface area contributed by atoms with Crippen molar-refractivity contribution in [3.05, 3.63) is 77.1 Å². The molecule has 0 radical (unpaired) electrons. The summed E-state index contributed by atoms with van der Waals surface area (Å²) in [6.07, 6.45) is 1.36. The molecule has 0 bridgehead atoms. The van der Waals surface area contributed by atoms with E-state index >= 15 is 0 Å². The summed E-state index contributed by atoms with van der Waals surface area (Å²) in [6.45, 7) is 0.0472. The van der Waals surface area contributed by atoms with Crippen LogP contribution in [0.1, 0.15) is 0 Å². The minimum absolute atomic E-state index is 0.0394. The van der Waals surface area contributed by atoms with Gasteiger partial charge in [-0.15, -0.1) is 0 Å². The molecule has 0 aliphatic rings. The molecule has 0 spiro atoms. The Morgan fingerprint density at radius 3 is 2.54 bits per heavy atom. The van der Waals surface area contributed by atoms with Gasteiger partial charge in [0, 0.05) is 24.7 Å². The van der Waals surface area contributed by atoms with Crippen LogP contribution in [0.3, 0.4) is 0 Å². The van der Waals surface area contributed by atoms with Crippen LogP contribution in [0, 0.1) is 5.82 Å². The largest absolute Gasteiger partial charge is 0.497 e. The molecule has 9 heteroatoms. The molecule has 146 valence electrons. The van der Waals surface area contributed by atoms with E-state index in [0.717, 1.165) is 17.7 Å². The molecule has 0 aliphatic carbocycles. The van der Waals surface area contributed by atoms with Crippen molar-refractivity contribution in [1.29, 1.82) is 0 Å². The number of nitrogens with one attached hydrogen (secondary N) is 1. The van der Waals surface area contributed by atoms with E-state index in [1.807, 2.05) is 0 Å². The van der Waals surface area contributed by atoms with Gasteiger partial charge in [0.1, 0.15) is 11.6 Å². The SMILES string of the molecule is COc1ccc(-c2cc(=O)n(CCNS(=O)(=O)c3cccc(F)c3)cn2)cc1. The van der Waals surface area contributed by atoms with Crippen molar-refractivity contribution >= 4 is 10.0 Å². The van der Waals surface area contributed by atoms with Crippen molar-refractivity contribution in [2.75, 3.05) is 13.7 Å². The van der Waals surface area contributed by atoms with Crippen LogP contribution in [0.4, 0.5) is 4.39 Å². The molecule has 1 heterocycles. The van der Waals surface area contributed by atoms with Crippen molar-refractivity contribution in [3.8, 4) is 17.0 Å². The van der Waals surface area contributed by atoms with Crippen molar-refractivity contribution in [1.82, 2.24) is 14.3 Å². The molecule has 0 unspecified atom stereocenters. The monoisotopic (exact) mass is 403 g/mol. The van der Waals surface area contributed by atoms with Crippen LogP contribution >= 0.6 is 0 Å². The first-order chi connectivity index (χ1) is 13.4. The minimum atomic E-state index is -3.86. The number of nitrogens with zero attached hydrogens (tertiary/aromatic N) is 2. The first kappa shape index (κ1) is 19.7. The average Bonchev–Trinajstić information content (AvgIpc) is 2.69. The first-order valence-corrected chi connectivity index (χ1v) is 9.83. The van der Waals surface area contributed by atoms with Gasteiger partial charge in [0.15, 0.2) is 0 Å². The van der Waals surface area contributed by atoms with Crippen molar-refractivity contribution < 1.29 is 17.5 Å². The molecule has 0 saturated heterocycles. The summed E-state index contributed by atoms with van der Waals surface area (Å²) in [5.74, 6) is 0.0556. The molecule has 28 heavy (non-hydrogen) atoms. The second kappa shape index (κ2) is 8.32. The zero-order valence-corrected chi connectivity index (χ0v) is 15.8. The van der Waals surface area contributed by atoms with Gasteiger partial charge in [0.25, 0.3) is 5.56 Å². The third-order valence-electron chi connectivity index (χ3n) is 4.02. The fraction of sp³-hybridized carbons (Fsp3) is 0.158. The number of ether oxygens (including phenoxy) is 1. The molecule has 0 atom stereocenters. The Kier molecular flexibility index (Phi) is 5.86. The topological polar surface area (TPSA) is 90.3 Å². The second-order valence-corrected chi connectivity index (χ2v) is 7.66. The molecule has 0 saturated carbocycles. The maximum atomic E-state index is 13.2. The molecule has 7 nitrogen and oxygen atoms in total. The van der Waals surface area contributed by atoms with Crippen molar-refractivity contribution in [2.24, 2.45) is 0 Å². The molecule has 1 N–H and O–H groups in total. The fourth-order valence-corrected chi connectivity index (χ4v) is 3.58. The lowest BCUT2D eigenvalue weighted by atomic mass is 10.1. The number of aromatic nitrogens is 2. The number of sulfonamides is 1. The molecular weight excluding hydrogens is 385 g/mol. The molecule has 2 aromatic carbocycles. The van der Waals surface area contributed by atoms with Crippen molar-refractivity contribution in [2.45, 2.75) is 11.4 Å². The van der Waals surface area contributed by atoms with Gasteiger partial charge in [-0.1, -0.05) is 6.07 Å². The van der Waals surface area contributed by atoms with Gasteiger partial charge >= 0.3 is 0 Å². The van der Waals surface area contributed by atoms with E-state index in [9.17, 15) is 17.6 Å². The summed E-state index contributed by atoms with van der Waals surface area (Å²) in [6, 6.07) is 13.2. The maximum absolute atomic E-state index is 13.2. The van der Waals surface area contributed by atoms with E-state index in [1.165, 1.54) is 29.1 Å². The number of hydrogen-bond acceptors (Lipinski definition) is 5. The quantitative estimate of drug-likeness (QED) is 0.652. The van der Waals surface area contributed by atoms with E-state index in [1.54, 1.807) is 31.4 Å². The lowest BCUT2D eigenvalue weighted by Crippen LogP contribution is -2.31. The Morgan fingerprint density at radius 2 is 1.89 bits per heavy atom. The molecule has 0 aliphatic heterocycles. The number of benzene rings is 2. The Hall–Kier alpha value is -3.04. The van der Waals surface area contributed by atoms with Crippen molar-refractivity contribution in [3.63, 3.8) is 0 Å². The molecule has 0 amide bonds. The smallest absolute Gasteiger partial charge is 0.253 e. The summed E-state index contributed by atoms with van der Waals surface area (Å²) in [5, 5.41) is 0. The summed E-state index contributed by atoms with van der Waals surface area (Å²) in [5.41, 5.74) is 0.951. The van der Waals surface area contributed by atoms with E-state index in [2.05, 4.69) is 9.71 Å². The van der Waals surface area contributed by atoms with Crippen LogP contribution in [-0.4, -0.2) is 31.6 Å². The number of methoxy groups -OCH3 is 1. The van der Waals surface area contributed by atoms with E-state index in [0.29, 0.717) is 11.4 Å². The van der Waals surface area contributed by atoms with Gasteiger partial charge < -0.3 is 4.74 Å². The lowest BCUT2D eigenvalue weighted by Gasteiger charge is -2.09. The highest BCUT2D eigenvalue weighted by atomic mass is 32.2. The second-order valence-electron chi connectivity index (χ2n) is 5.89. The number of halogens is 1. The van der Waals surface area contributed by atoms with Gasteiger partial charge in [-0.25, -0.2) is 22.5 Å². The van der Waals surface area contributed by atoms with Crippen LogP contribution in [-0.2, 0) is 16.6 Å². The van der Waals surface area contributed by atoms with E-state index in [4.69, 9.17) is 4.74 Å². The molecule has 3 rings (SSSR count). The molecule has 0 fully saturated rings. The number of rotatable bonds is 7. The predicted molar refractivity (Wildman–Crippen MR) is 102 cm³/mol. The van der Waals surface area contributed by atoms with E-state index < -0.39 is 15.8 Å². The molecule has 1 aromatic heterocycles. The standard InChI is InChI=1S/C19H18FN3O4S/c1-27-16-7-5-14(6-8-16)18-12-19(24)23(13-21-18)10-9-22-28(25,26)17-4-2-3-15(20)11-17/h2-8,11-13,22H,9-10H2,1H3. The normalized spacial score (nSPS) is 11.4. The minimum Gasteiger partial charge on any atom is -0.497 e. The van der Waals surface area contributed by atoms with Gasteiger partial charge in [0.05, 0.1) is 24.0 Å². The van der Waals surface area contributed by atoms with Gasteiger partial charge in [-0.2, -0.15) is 0 Å². The third-order valence-corrected chi connectivity index (χ3v) is 5.48. The zero-order valence-electron chi connectivity index (χ0n) is 15.0. The lowest BCUT2D eigenvalue weighted by molar-refractivity contribution is 0.415. The maximum Gasteiger partial charge on any atom is 0.253 e. The zero-order chi connectivity index (χ0) is 20.1. The Morgan fingerprint density at radius 1 is 1.14 bits per heavy atom. The highest BCUT2D eigenvalue weighted by Gasteiger charge is 2.14. The Bertz CT molecular complexity index is 1130. The summed E-state index contributed by atoms with van der Waals surface area (Å²) >= 11 is 0. The first-order valence-electron chi connectivity index (χ1n) is 8.35. The summed E-state index contributed by atoms with van der Waals surface area (Å²) < 4.78 is 46.3. The number of hydrogen-bond donors (Lipinski definition) is 1.